The zero-order valence-electron chi connectivity index (χ0n) is 21.2. The summed E-state index contributed by atoms with van der Waals surface area (Å²) in [6, 6.07) is 0. The molecule has 10 atom stereocenters. The maximum atomic E-state index is 11.8. The van der Waals surface area contributed by atoms with Gasteiger partial charge in [0.2, 0.25) is 5.91 Å². The number of hydrogen-bond donors (Lipinski definition) is 3. The predicted octanol–water partition coefficient (Wildman–Crippen LogP) is 5.33. The summed E-state index contributed by atoms with van der Waals surface area (Å²) >= 11 is 0. The molecular weight excluding hydrogens is 428 g/mol. The van der Waals surface area contributed by atoms with E-state index in [0.29, 0.717) is 35.5 Å². The van der Waals surface area contributed by atoms with Crippen molar-refractivity contribution in [2.45, 2.75) is 97.2 Å². The summed E-state index contributed by atoms with van der Waals surface area (Å²) in [6.07, 6.45) is 13.7. The van der Waals surface area contributed by atoms with Crippen LogP contribution in [-0.4, -0.2) is 35.0 Å². The number of carbonyl (C=O) groups excluding carboxylic acids is 1. The van der Waals surface area contributed by atoms with Crippen molar-refractivity contribution in [3.63, 3.8) is 0 Å². The average Bonchev–Trinajstić information content (AvgIpc) is 3.17. The van der Waals surface area contributed by atoms with E-state index in [1.165, 1.54) is 31.8 Å². The minimum Gasteiger partial charge on any atom is -0.393 e. The summed E-state index contributed by atoms with van der Waals surface area (Å²) in [7, 11) is 0. The summed E-state index contributed by atoms with van der Waals surface area (Å²) in [5.41, 5.74) is 8.54. The van der Waals surface area contributed by atoms with Crippen LogP contribution in [-0.2, 0) is 4.79 Å². The molecule has 3 N–H and O–H groups in total. The molecule has 0 saturated heterocycles. The van der Waals surface area contributed by atoms with Gasteiger partial charge in [-0.2, -0.15) is 0 Å². The monoisotopic (exact) mass is 472 g/mol. The van der Waals surface area contributed by atoms with Crippen LogP contribution in [0.15, 0.2) is 17.3 Å². The molecule has 190 valence electrons. The number of carbonyl (C=O) groups is 1. The fraction of sp³-hybridized carbons (Fsp3) is 0.889. The van der Waals surface area contributed by atoms with Crippen molar-refractivity contribution in [2.75, 3.05) is 6.67 Å². The van der Waals surface area contributed by atoms with E-state index in [4.69, 9.17) is 5.53 Å². The third-order valence-corrected chi connectivity index (χ3v) is 10.9. The van der Waals surface area contributed by atoms with Crippen LogP contribution in [0.2, 0.25) is 0 Å². The van der Waals surface area contributed by atoms with E-state index in [-0.39, 0.29) is 35.6 Å². The number of amides is 1. The number of hydrogen-bond acceptors (Lipinski definition) is 4. The second-order valence-corrected chi connectivity index (χ2v) is 12.3. The predicted molar refractivity (Wildman–Crippen MR) is 132 cm³/mol. The maximum Gasteiger partial charge on any atom is 0.243 e. The van der Waals surface area contributed by atoms with Gasteiger partial charge in [-0.3, -0.25) is 4.79 Å². The molecule has 0 radical (unpaired) electrons. The summed E-state index contributed by atoms with van der Waals surface area (Å²) in [6.45, 7) is 7.15. The molecule has 34 heavy (non-hydrogen) atoms. The van der Waals surface area contributed by atoms with Crippen molar-refractivity contribution < 1.29 is 15.0 Å². The number of rotatable bonds is 7. The molecule has 0 heterocycles. The molecular formula is C27H44N4O3. The number of azide groups is 1. The number of nitrogens with zero attached hydrogens (tertiary/aromatic N) is 3. The normalized spacial score (nSPS) is 44.4. The molecule has 4 aliphatic carbocycles. The van der Waals surface area contributed by atoms with Gasteiger partial charge in [0, 0.05) is 4.91 Å². The summed E-state index contributed by atoms with van der Waals surface area (Å²) in [4.78, 5) is 14.4. The van der Waals surface area contributed by atoms with Crippen molar-refractivity contribution in [3.05, 3.63) is 22.6 Å². The van der Waals surface area contributed by atoms with Crippen LogP contribution in [0.5, 0.6) is 0 Å². The first-order chi connectivity index (χ1) is 16.2. The Hall–Kier alpha value is -1.56. The second-order valence-electron chi connectivity index (χ2n) is 12.3. The Morgan fingerprint density at radius 3 is 2.74 bits per heavy atom. The lowest BCUT2D eigenvalue weighted by Gasteiger charge is -2.62. The van der Waals surface area contributed by atoms with Crippen LogP contribution in [0.4, 0.5) is 0 Å². The molecule has 4 rings (SSSR count). The minimum absolute atomic E-state index is 0.0195. The lowest BCUT2D eigenvalue weighted by Crippen LogP contribution is -2.58. The minimum atomic E-state index is -0.252. The molecule has 4 aliphatic rings. The topological polar surface area (TPSA) is 118 Å². The Labute approximate surface area is 204 Å². The fourth-order valence-electron chi connectivity index (χ4n) is 9.11. The van der Waals surface area contributed by atoms with Crippen LogP contribution >= 0.6 is 0 Å². The molecule has 0 aliphatic heterocycles. The first kappa shape index (κ1) is 25.5. The van der Waals surface area contributed by atoms with Crippen molar-refractivity contribution in [1.29, 1.82) is 0 Å². The van der Waals surface area contributed by atoms with Gasteiger partial charge in [-0.25, -0.2) is 0 Å². The van der Waals surface area contributed by atoms with E-state index in [1.807, 2.05) is 6.08 Å². The fourth-order valence-corrected chi connectivity index (χ4v) is 9.11. The van der Waals surface area contributed by atoms with Gasteiger partial charge < -0.3 is 15.5 Å². The average molecular weight is 473 g/mol. The van der Waals surface area contributed by atoms with Gasteiger partial charge in [0.25, 0.3) is 0 Å². The zero-order valence-corrected chi connectivity index (χ0v) is 21.2. The highest BCUT2D eigenvalue weighted by atomic mass is 16.3. The highest BCUT2D eigenvalue weighted by Gasteiger charge is 2.63. The van der Waals surface area contributed by atoms with E-state index in [0.717, 1.165) is 38.5 Å². The van der Waals surface area contributed by atoms with Crippen LogP contribution in [0, 0.1) is 46.3 Å². The summed E-state index contributed by atoms with van der Waals surface area (Å²) < 4.78 is 0. The Morgan fingerprint density at radius 2 is 1.97 bits per heavy atom. The smallest absolute Gasteiger partial charge is 0.243 e. The van der Waals surface area contributed by atoms with Crippen molar-refractivity contribution in [3.8, 4) is 0 Å². The molecule has 1 unspecified atom stereocenters. The highest BCUT2D eigenvalue weighted by Crippen LogP contribution is 2.68. The number of fused-ring (bicyclic) bond motifs is 5. The molecule has 4 fully saturated rings. The molecule has 0 spiro atoms. The largest absolute Gasteiger partial charge is 0.393 e. The zero-order chi connectivity index (χ0) is 24.5. The second kappa shape index (κ2) is 10.2. The Balaban J connectivity index is 1.39. The SMILES string of the molecule is C[C@H](CCC=CC(=O)NCN=[N+]=[N-])[C@H]1CC[C@H]2[C@@H]3CC[C@@H]4C[C@H](O)CC[C@]4(C)[C@H]3CC(O)[C@]12C. The van der Waals surface area contributed by atoms with Crippen LogP contribution in [0.1, 0.15) is 85.0 Å². The maximum absolute atomic E-state index is 11.8. The first-order valence-corrected chi connectivity index (χ1v) is 13.5. The Morgan fingerprint density at radius 1 is 1.18 bits per heavy atom. The highest BCUT2D eigenvalue weighted by molar-refractivity contribution is 5.87. The molecule has 0 aromatic heterocycles. The van der Waals surface area contributed by atoms with Crippen LogP contribution < -0.4 is 5.32 Å². The number of nitrogens with one attached hydrogen (secondary N) is 1. The summed E-state index contributed by atoms with van der Waals surface area (Å²) in [5.74, 6) is 3.28. The molecule has 7 heteroatoms. The molecule has 0 bridgehead atoms. The van der Waals surface area contributed by atoms with Gasteiger partial charge in [0.05, 0.1) is 18.9 Å². The lowest BCUT2D eigenvalue weighted by molar-refractivity contribution is -0.174. The van der Waals surface area contributed by atoms with Crippen LogP contribution in [0.25, 0.3) is 10.4 Å². The van der Waals surface area contributed by atoms with Crippen molar-refractivity contribution in [1.82, 2.24) is 5.32 Å². The van der Waals surface area contributed by atoms with E-state index >= 15 is 0 Å². The van der Waals surface area contributed by atoms with Gasteiger partial charge in [0.1, 0.15) is 0 Å². The number of aliphatic hydroxyl groups is 2. The van der Waals surface area contributed by atoms with Gasteiger partial charge in [-0.1, -0.05) is 32.0 Å². The van der Waals surface area contributed by atoms with Gasteiger partial charge in [-0.15, -0.1) is 0 Å². The Bertz CT molecular complexity index is 827. The first-order valence-electron chi connectivity index (χ1n) is 13.5. The Kier molecular flexibility index (Phi) is 7.66. The number of aliphatic hydroxyl groups excluding tert-OH is 2. The quantitative estimate of drug-likeness (QED) is 0.201. The van der Waals surface area contributed by atoms with E-state index in [1.54, 1.807) is 0 Å². The van der Waals surface area contributed by atoms with Gasteiger partial charge in [-0.05, 0) is 122 Å². The lowest BCUT2D eigenvalue weighted by atomic mass is 9.43. The molecule has 1 amide bonds. The van der Waals surface area contributed by atoms with E-state index in [2.05, 4.69) is 36.1 Å². The molecule has 7 nitrogen and oxygen atoms in total. The molecule has 4 saturated carbocycles. The third kappa shape index (κ3) is 4.52. The molecule has 0 aromatic rings. The molecule has 0 aromatic carbocycles. The standard InChI is InChI=1S/C27H44N4O3/c1-17(6-4-5-7-25(34)29-16-30-31-28)21-10-11-22-20-9-8-18-14-19(32)12-13-26(18,2)23(20)15-24(33)27(21,22)3/h5,7,17-24,32-33H,4,6,8-16H2,1-3H3,(H,29,34)/t17-,18-,19-,20+,21-,22+,23+,24?,26+,27-/m1/s1. The van der Waals surface area contributed by atoms with Gasteiger partial charge in [0.15, 0.2) is 0 Å². The van der Waals surface area contributed by atoms with Crippen molar-refractivity contribution in [2.24, 2.45) is 51.5 Å². The third-order valence-electron chi connectivity index (χ3n) is 10.9. The van der Waals surface area contributed by atoms with E-state index in [9.17, 15) is 15.0 Å². The summed E-state index contributed by atoms with van der Waals surface area (Å²) in [5, 5.41) is 27.8. The van der Waals surface area contributed by atoms with Crippen LogP contribution in [0.3, 0.4) is 0 Å². The van der Waals surface area contributed by atoms with E-state index < -0.39 is 0 Å². The number of allylic oxidation sites excluding steroid dienone is 1. The van der Waals surface area contributed by atoms with Crippen molar-refractivity contribution >= 4 is 5.91 Å². The van der Waals surface area contributed by atoms with Gasteiger partial charge >= 0.3 is 0 Å².